The molecule has 2 aliphatic heterocycles. The van der Waals surface area contributed by atoms with Gasteiger partial charge in [0.05, 0.1) is 13.2 Å². The summed E-state index contributed by atoms with van der Waals surface area (Å²) >= 11 is 0. The summed E-state index contributed by atoms with van der Waals surface area (Å²) < 4.78 is 10.7. The van der Waals surface area contributed by atoms with E-state index >= 15 is 0 Å². The molecule has 0 aromatic rings. The Hall–Kier alpha value is -0.120. The molecule has 0 radical (unpaired) electrons. The molecule has 2 heterocycles. The topological polar surface area (TPSA) is 30.5 Å². The fourth-order valence-electron chi connectivity index (χ4n) is 1.87. The third-order valence-corrected chi connectivity index (χ3v) is 2.56. The van der Waals surface area contributed by atoms with E-state index < -0.39 is 0 Å². The van der Waals surface area contributed by atoms with Crippen molar-refractivity contribution in [3.63, 3.8) is 0 Å². The molecule has 2 unspecified atom stereocenters. The maximum absolute atomic E-state index is 5.39. The molecule has 0 amide bonds. The van der Waals surface area contributed by atoms with Crippen molar-refractivity contribution in [3.05, 3.63) is 0 Å². The first-order valence-corrected chi connectivity index (χ1v) is 4.87. The number of rotatable bonds is 2. The van der Waals surface area contributed by atoms with Crippen LogP contribution in [0.15, 0.2) is 0 Å². The Morgan fingerprint density at radius 3 is 2.33 bits per heavy atom. The molecular weight excluding hydrogens is 154 g/mol. The standard InChI is InChI=1S/C9H17NO2/c1-2-8(6-11-4-1)10-9-3-5-12-7-9/h8-10H,1-7H2. The second-order valence-electron chi connectivity index (χ2n) is 3.64. The lowest BCUT2D eigenvalue weighted by Crippen LogP contribution is -2.43. The second kappa shape index (κ2) is 4.21. The summed E-state index contributed by atoms with van der Waals surface area (Å²) in [6.07, 6.45) is 3.62. The number of hydrogen-bond acceptors (Lipinski definition) is 3. The summed E-state index contributed by atoms with van der Waals surface area (Å²) in [5, 5.41) is 3.57. The molecule has 2 aliphatic rings. The number of ether oxygens (including phenoxy) is 2. The van der Waals surface area contributed by atoms with Crippen LogP contribution in [0.4, 0.5) is 0 Å². The minimum absolute atomic E-state index is 0.574. The average molecular weight is 171 g/mol. The third-order valence-electron chi connectivity index (χ3n) is 2.56. The third kappa shape index (κ3) is 2.19. The van der Waals surface area contributed by atoms with E-state index in [4.69, 9.17) is 9.47 Å². The number of hydrogen-bond donors (Lipinski definition) is 1. The van der Waals surface area contributed by atoms with Gasteiger partial charge in [-0.05, 0) is 19.3 Å². The molecule has 70 valence electrons. The summed E-state index contributed by atoms with van der Waals surface area (Å²) in [4.78, 5) is 0. The molecule has 2 atom stereocenters. The fraction of sp³-hybridized carbons (Fsp3) is 1.00. The van der Waals surface area contributed by atoms with E-state index in [-0.39, 0.29) is 0 Å². The Bertz CT molecular complexity index is 128. The van der Waals surface area contributed by atoms with Gasteiger partial charge in [-0.25, -0.2) is 0 Å². The van der Waals surface area contributed by atoms with E-state index in [1.54, 1.807) is 0 Å². The highest BCUT2D eigenvalue weighted by Crippen LogP contribution is 2.10. The monoisotopic (exact) mass is 171 g/mol. The van der Waals surface area contributed by atoms with Crippen molar-refractivity contribution in [1.82, 2.24) is 5.32 Å². The highest BCUT2D eigenvalue weighted by molar-refractivity contribution is 4.78. The van der Waals surface area contributed by atoms with E-state index in [0.717, 1.165) is 32.8 Å². The molecule has 3 nitrogen and oxygen atoms in total. The Balaban J connectivity index is 1.69. The summed E-state index contributed by atoms with van der Waals surface area (Å²) in [7, 11) is 0. The van der Waals surface area contributed by atoms with E-state index in [2.05, 4.69) is 5.32 Å². The van der Waals surface area contributed by atoms with Crippen LogP contribution in [-0.4, -0.2) is 38.5 Å². The van der Waals surface area contributed by atoms with Crippen LogP contribution in [0, 0.1) is 0 Å². The first-order chi connectivity index (χ1) is 5.95. The first kappa shape index (κ1) is 8.48. The molecule has 2 saturated heterocycles. The van der Waals surface area contributed by atoms with Crippen LogP contribution < -0.4 is 5.32 Å². The normalized spacial score (nSPS) is 37.0. The van der Waals surface area contributed by atoms with E-state index in [1.165, 1.54) is 12.8 Å². The molecule has 12 heavy (non-hydrogen) atoms. The second-order valence-corrected chi connectivity index (χ2v) is 3.64. The fourth-order valence-corrected chi connectivity index (χ4v) is 1.87. The van der Waals surface area contributed by atoms with Crippen molar-refractivity contribution in [2.75, 3.05) is 26.4 Å². The summed E-state index contributed by atoms with van der Waals surface area (Å²) in [5.41, 5.74) is 0. The maximum Gasteiger partial charge on any atom is 0.0620 e. The predicted octanol–water partition coefficient (Wildman–Crippen LogP) is 0.544. The molecular formula is C9H17NO2. The molecule has 2 fully saturated rings. The SMILES string of the molecule is C1COCC(NC2CCOC2)C1. The minimum atomic E-state index is 0.574. The lowest BCUT2D eigenvalue weighted by molar-refractivity contribution is 0.0653. The zero-order valence-corrected chi connectivity index (χ0v) is 7.42. The summed E-state index contributed by atoms with van der Waals surface area (Å²) in [6.45, 7) is 3.64. The largest absolute Gasteiger partial charge is 0.380 e. The zero-order chi connectivity index (χ0) is 8.23. The molecule has 3 heteroatoms. The van der Waals surface area contributed by atoms with E-state index in [1.807, 2.05) is 0 Å². The van der Waals surface area contributed by atoms with Gasteiger partial charge in [-0.15, -0.1) is 0 Å². The average Bonchev–Trinajstić information content (AvgIpc) is 2.59. The lowest BCUT2D eigenvalue weighted by Gasteiger charge is -2.25. The summed E-state index contributed by atoms with van der Waals surface area (Å²) in [6, 6.07) is 1.15. The van der Waals surface area contributed by atoms with Gasteiger partial charge in [-0.1, -0.05) is 0 Å². The van der Waals surface area contributed by atoms with Crippen molar-refractivity contribution < 1.29 is 9.47 Å². The Morgan fingerprint density at radius 1 is 0.917 bits per heavy atom. The van der Waals surface area contributed by atoms with Crippen molar-refractivity contribution in [2.45, 2.75) is 31.3 Å². The lowest BCUT2D eigenvalue weighted by atomic mass is 10.1. The quantitative estimate of drug-likeness (QED) is 0.658. The van der Waals surface area contributed by atoms with Gasteiger partial charge in [0.25, 0.3) is 0 Å². The van der Waals surface area contributed by atoms with Crippen LogP contribution in [-0.2, 0) is 9.47 Å². The Kier molecular flexibility index (Phi) is 2.98. The van der Waals surface area contributed by atoms with Crippen LogP contribution in [0.5, 0.6) is 0 Å². The molecule has 0 spiro atoms. The Labute approximate surface area is 73.4 Å². The van der Waals surface area contributed by atoms with Crippen LogP contribution in [0.3, 0.4) is 0 Å². The van der Waals surface area contributed by atoms with Crippen molar-refractivity contribution in [1.29, 1.82) is 0 Å². The van der Waals surface area contributed by atoms with Gasteiger partial charge in [0.2, 0.25) is 0 Å². The number of nitrogens with one attached hydrogen (secondary N) is 1. The van der Waals surface area contributed by atoms with Crippen LogP contribution in [0.2, 0.25) is 0 Å². The highest BCUT2D eigenvalue weighted by atomic mass is 16.5. The molecule has 1 N–H and O–H groups in total. The van der Waals surface area contributed by atoms with Gasteiger partial charge in [0, 0.05) is 25.3 Å². The Morgan fingerprint density at radius 2 is 1.67 bits per heavy atom. The molecule has 0 aliphatic carbocycles. The van der Waals surface area contributed by atoms with Gasteiger partial charge in [-0.3, -0.25) is 0 Å². The summed E-state index contributed by atoms with van der Waals surface area (Å²) in [5.74, 6) is 0. The van der Waals surface area contributed by atoms with Gasteiger partial charge < -0.3 is 14.8 Å². The minimum Gasteiger partial charge on any atom is -0.380 e. The smallest absolute Gasteiger partial charge is 0.0620 e. The molecule has 0 bridgehead atoms. The van der Waals surface area contributed by atoms with Gasteiger partial charge in [-0.2, -0.15) is 0 Å². The maximum atomic E-state index is 5.39. The zero-order valence-electron chi connectivity index (χ0n) is 7.42. The molecule has 2 rings (SSSR count). The van der Waals surface area contributed by atoms with Crippen molar-refractivity contribution >= 4 is 0 Å². The van der Waals surface area contributed by atoms with Gasteiger partial charge in [0.1, 0.15) is 0 Å². The highest BCUT2D eigenvalue weighted by Gasteiger charge is 2.21. The van der Waals surface area contributed by atoms with Crippen LogP contribution >= 0.6 is 0 Å². The first-order valence-electron chi connectivity index (χ1n) is 4.87. The predicted molar refractivity (Wildman–Crippen MR) is 46.2 cm³/mol. The van der Waals surface area contributed by atoms with Crippen molar-refractivity contribution in [2.24, 2.45) is 0 Å². The molecule has 0 saturated carbocycles. The van der Waals surface area contributed by atoms with E-state index in [9.17, 15) is 0 Å². The van der Waals surface area contributed by atoms with Gasteiger partial charge >= 0.3 is 0 Å². The molecule has 0 aromatic carbocycles. The van der Waals surface area contributed by atoms with Crippen LogP contribution in [0.1, 0.15) is 19.3 Å². The van der Waals surface area contributed by atoms with E-state index in [0.29, 0.717) is 12.1 Å². The van der Waals surface area contributed by atoms with Crippen LogP contribution in [0.25, 0.3) is 0 Å². The molecule has 0 aromatic heterocycles. The van der Waals surface area contributed by atoms with Gasteiger partial charge in [0.15, 0.2) is 0 Å². The van der Waals surface area contributed by atoms with Crippen molar-refractivity contribution in [3.8, 4) is 0 Å².